The predicted octanol–water partition coefficient (Wildman–Crippen LogP) is 5.55. The lowest BCUT2D eigenvalue weighted by atomic mass is 10.2. The van der Waals surface area contributed by atoms with Crippen LogP contribution in [0, 0.1) is 0 Å². The molecule has 0 fully saturated rings. The second kappa shape index (κ2) is 7.93. The molecule has 3 heteroatoms. The monoisotopic (exact) mass is 262 g/mol. The topological polar surface area (TPSA) is 0 Å². The number of hydrogen-bond acceptors (Lipinski definition) is 0. The van der Waals surface area contributed by atoms with Gasteiger partial charge in [0.1, 0.15) is 0 Å². The summed E-state index contributed by atoms with van der Waals surface area (Å²) in [5, 5.41) is 0. The van der Waals surface area contributed by atoms with Crippen molar-refractivity contribution in [2.45, 2.75) is 0 Å². The van der Waals surface area contributed by atoms with E-state index >= 15 is 0 Å². The maximum Gasteiger partial charge on any atom is 0.306 e. The smallest absolute Gasteiger partial charge is 0.200 e. The van der Waals surface area contributed by atoms with Gasteiger partial charge < -0.3 is 0 Å². The highest BCUT2D eigenvalue weighted by atomic mass is 19.3. The van der Waals surface area contributed by atoms with Gasteiger partial charge in [-0.15, -0.1) is 0 Å². The van der Waals surface area contributed by atoms with Crippen molar-refractivity contribution >= 4 is 11.9 Å². The average molecular weight is 262 g/mol. The van der Waals surface area contributed by atoms with Gasteiger partial charge in [0.2, 0.25) is 0 Å². The SMILES string of the molecule is C=Cc1ccccc1.FC(F)=C(F)c1ccccc1. The van der Waals surface area contributed by atoms with Crippen molar-refractivity contribution in [1.29, 1.82) is 0 Å². The summed E-state index contributed by atoms with van der Waals surface area (Å²) in [6, 6.07) is 17.2. The van der Waals surface area contributed by atoms with Crippen molar-refractivity contribution in [2.24, 2.45) is 0 Å². The lowest BCUT2D eigenvalue weighted by Gasteiger charge is -1.93. The molecule has 0 unspecified atom stereocenters. The molecule has 0 saturated heterocycles. The molecule has 19 heavy (non-hydrogen) atoms. The van der Waals surface area contributed by atoms with E-state index in [1.807, 2.05) is 36.4 Å². The number of rotatable bonds is 2. The number of hydrogen-bond donors (Lipinski definition) is 0. The molecule has 0 nitrogen and oxygen atoms in total. The highest BCUT2D eigenvalue weighted by Gasteiger charge is 2.05. The van der Waals surface area contributed by atoms with Crippen molar-refractivity contribution in [3.05, 3.63) is 84.5 Å². The molecule has 0 aliphatic rings. The number of halogens is 3. The standard InChI is InChI=1S/C8H5F3.C8H8/c9-7(8(10)11)6-4-2-1-3-5-6;1-2-8-6-4-3-5-7-8/h1-5H;2-7H,1H2. The van der Waals surface area contributed by atoms with E-state index in [0.717, 1.165) is 0 Å². The summed E-state index contributed by atoms with van der Waals surface area (Å²) in [5.41, 5.74) is 1.08. The Hall–Kier alpha value is -2.29. The van der Waals surface area contributed by atoms with E-state index in [2.05, 4.69) is 6.58 Å². The Morgan fingerprint density at radius 3 is 1.63 bits per heavy atom. The van der Waals surface area contributed by atoms with Crippen LogP contribution in [0.1, 0.15) is 11.1 Å². The molecule has 0 aromatic heterocycles. The minimum Gasteiger partial charge on any atom is -0.200 e. The Labute approximate surface area is 110 Å². The van der Waals surface area contributed by atoms with Crippen molar-refractivity contribution in [1.82, 2.24) is 0 Å². The van der Waals surface area contributed by atoms with Crippen LogP contribution in [0.15, 0.2) is 73.3 Å². The number of benzene rings is 2. The zero-order valence-electron chi connectivity index (χ0n) is 10.2. The molecular formula is C16H13F3. The van der Waals surface area contributed by atoms with E-state index in [1.165, 1.54) is 29.8 Å². The van der Waals surface area contributed by atoms with E-state index in [1.54, 1.807) is 6.07 Å². The zero-order valence-corrected chi connectivity index (χ0v) is 10.2. The summed E-state index contributed by atoms with van der Waals surface area (Å²) in [7, 11) is 0. The quantitative estimate of drug-likeness (QED) is 0.665. The normalized spacial score (nSPS) is 9.00. The summed E-state index contributed by atoms with van der Waals surface area (Å²) in [6.45, 7) is 3.63. The van der Waals surface area contributed by atoms with Gasteiger partial charge in [0.25, 0.3) is 0 Å². The van der Waals surface area contributed by atoms with Crippen molar-refractivity contribution in [3.8, 4) is 0 Å². The van der Waals surface area contributed by atoms with Gasteiger partial charge in [-0.05, 0) is 5.56 Å². The molecule has 0 atom stereocenters. The molecule has 0 aliphatic heterocycles. The van der Waals surface area contributed by atoms with Gasteiger partial charge in [0.15, 0.2) is 5.83 Å². The Kier molecular flexibility index (Phi) is 6.16. The minimum absolute atomic E-state index is 0.0903. The van der Waals surface area contributed by atoms with Gasteiger partial charge in [-0.25, -0.2) is 4.39 Å². The fourth-order valence-electron chi connectivity index (χ4n) is 1.28. The largest absolute Gasteiger partial charge is 0.306 e. The first-order valence-corrected chi connectivity index (χ1v) is 5.59. The predicted molar refractivity (Wildman–Crippen MR) is 73.2 cm³/mol. The van der Waals surface area contributed by atoms with Gasteiger partial charge in [0, 0.05) is 5.56 Å². The molecular weight excluding hydrogens is 249 g/mol. The molecule has 0 heterocycles. The van der Waals surface area contributed by atoms with E-state index in [-0.39, 0.29) is 5.56 Å². The fourth-order valence-corrected chi connectivity index (χ4v) is 1.28. The maximum atomic E-state index is 12.4. The fraction of sp³-hybridized carbons (Fsp3) is 0. The second-order valence-electron chi connectivity index (χ2n) is 3.56. The third kappa shape index (κ3) is 5.25. The van der Waals surface area contributed by atoms with Gasteiger partial charge in [-0.3, -0.25) is 0 Å². The molecule has 0 amide bonds. The van der Waals surface area contributed by atoms with Gasteiger partial charge in [0.05, 0.1) is 0 Å². The lowest BCUT2D eigenvalue weighted by molar-refractivity contribution is 0.410. The molecule has 2 rings (SSSR count). The molecule has 0 spiro atoms. The summed E-state index contributed by atoms with van der Waals surface area (Å²) in [5.74, 6) is -1.45. The van der Waals surface area contributed by atoms with Crippen LogP contribution in [0.5, 0.6) is 0 Å². The summed E-state index contributed by atoms with van der Waals surface area (Å²) < 4.78 is 35.6. The summed E-state index contributed by atoms with van der Waals surface area (Å²) in [4.78, 5) is 0. The highest BCUT2D eigenvalue weighted by molar-refractivity contribution is 5.59. The molecule has 0 saturated carbocycles. The first-order chi connectivity index (χ1) is 9.15. The Morgan fingerprint density at radius 1 is 0.789 bits per heavy atom. The lowest BCUT2D eigenvalue weighted by Crippen LogP contribution is -1.76. The van der Waals surface area contributed by atoms with E-state index in [0.29, 0.717) is 0 Å². The first kappa shape index (κ1) is 14.8. The Balaban J connectivity index is 0.000000200. The molecule has 2 aromatic rings. The molecule has 0 bridgehead atoms. The Morgan fingerprint density at radius 2 is 1.26 bits per heavy atom. The van der Waals surface area contributed by atoms with Crippen LogP contribution in [-0.4, -0.2) is 0 Å². The van der Waals surface area contributed by atoms with Crippen molar-refractivity contribution < 1.29 is 13.2 Å². The van der Waals surface area contributed by atoms with Gasteiger partial charge >= 0.3 is 6.08 Å². The highest BCUT2D eigenvalue weighted by Crippen LogP contribution is 2.20. The van der Waals surface area contributed by atoms with Crippen LogP contribution in [0.2, 0.25) is 0 Å². The van der Waals surface area contributed by atoms with E-state index in [4.69, 9.17) is 0 Å². The van der Waals surface area contributed by atoms with Crippen LogP contribution >= 0.6 is 0 Å². The van der Waals surface area contributed by atoms with Crippen LogP contribution in [-0.2, 0) is 0 Å². The zero-order chi connectivity index (χ0) is 14.1. The van der Waals surface area contributed by atoms with Crippen LogP contribution in [0.25, 0.3) is 11.9 Å². The molecule has 0 N–H and O–H groups in total. The van der Waals surface area contributed by atoms with Crippen LogP contribution in [0.3, 0.4) is 0 Å². The third-order valence-electron chi connectivity index (χ3n) is 2.23. The van der Waals surface area contributed by atoms with E-state index in [9.17, 15) is 13.2 Å². The average Bonchev–Trinajstić information content (AvgIpc) is 2.48. The third-order valence-corrected chi connectivity index (χ3v) is 2.23. The van der Waals surface area contributed by atoms with E-state index < -0.39 is 11.9 Å². The molecule has 0 aliphatic carbocycles. The van der Waals surface area contributed by atoms with Crippen molar-refractivity contribution in [2.75, 3.05) is 0 Å². The molecule has 2 aromatic carbocycles. The second-order valence-corrected chi connectivity index (χ2v) is 3.56. The first-order valence-electron chi connectivity index (χ1n) is 5.59. The van der Waals surface area contributed by atoms with Gasteiger partial charge in [-0.2, -0.15) is 8.78 Å². The van der Waals surface area contributed by atoms with Gasteiger partial charge in [-0.1, -0.05) is 73.3 Å². The maximum absolute atomic E-state index is 12.4. The molecule has 0 radical (unpaired) electrons. The van der Waals surface area contributed by atoms with Crippen LogP contribution < -0.4 is 0 Å². The summed E-state index contributed by atoms with van der Waals surface area (Å²) >= 11 is 0. The van der Waals surface area contributed by atoms with Crippen LogP contribution in [0.4, 0.5) is 13.2 Å². The summed E-state index contributed by atoms with van der Waals surface area (Å²) in [6.07, 6.45) is -0.448. The molecule has 98 valence electrons. The minimum atomic E-state index is -2.28. The van der Waals surface area contributed by atoms with Crippen molar-refractivity contribution in [3.63, 3.8) is 0 Å². The Bertz CT molecular complexity index is 526.